The number of benzene rings is 3. The number of morpholine rings is 1. The van der Waals surface area contributed by atoms with Crippen LogP contribution in [0, 0.1) is 0 Å². The van der Waals surface area contributed by atoms with Gasteiger partial charge in [0.15, 0.2) is 5.13 Å². The van der Waals surface area contributed by atoms with Crippen molar-refractivity contribution in [3.05, 3.63) is 66.2 Å². The standard InChI is InChI=1S/C24H23N3O4S2/c28-22(25-24-26-23-20-4-2-1-3-18(20)8-11-21(23)32-24)12-7-17-5-9-19(10-6-17)33(29,30)27-13-15-31-16-14-27/h1-6,8-11H,7,12-16H2,(H,25,26,28). The number of thiazole rings is 1. The Morgan fingerprint density at radius 1 is 1.03 bits per heavy atom. The molecular formula is C24H23N3O4S2. The maximum Gasteiger partial charge on any atom is 0.243 e. The van der Waals surface area contributed by atoms with E-state index in [9.17, 15) is 13.2 Å². The molecule has 1 amide bonds. The van der Waals surface area contributed by atoms with Gasteiger partial charge in [-0.05, 0) is 35.6 Å². The fourth-order valence-electron chi connectivity index (χ4n) is 3.92. The Morgan fingerprint density at radius 2 is 1.79 bits per heavy atom. The summed E-state index contributed by atoms with van der Waals surface area (Å²) in [5, 5.41) is 5.67. The number of amides is 1. The Kier molecular flexibility index (Phi) is 6.11. The summed E-state index contributed by atoms with van der Waals surface area (Å²) in [5.74, 6) is -0.122. The number of nitrogens with one attached hydrogen (secondary N) is 1. The van der Waals surface area contributed by atoms with Crippen LogP contribution in [0.4, 0.5) is 5.13 Å². The van der Waals surface area contributed by atoms with Crippen molar-refractivity contribution in [2.75, 3.05) is 31.6 Å². The van der Waals surface area contributed by atoms with Crippen molar-refractivity contribution in [2.45, 2.75) is 17.7 Å². The average Bonchev–Trinajstić information content (AvgIpc) is 3.26. The van der Waals surface area contributed by atoms with Gasteiger partial charge in [-0.25, -0.2) is 13.4 Å². The number of rotatable bonds is 6. The molecule has 0 unspecified atom stereocenters. The van der Waals surface area contributed by atoms with Crippen molar-refractivity contribution >= 4 is 53.4 Å². The van der Waals surface area contributed by atoms with Gasteiger partial charge in [0.2, 0.25) is 15.9 Å². The molecule has 5 rings (SSSR count). The summed E-state index contributed by atoms with van der Waals surface area (Å²) >= 11 is 1.46. The van der Waals surface area contributed by atoms with E-state index in [4.69, 9.17) is 4.74 Å². The Hall–Kier alpha value is -2.85. The molecule has 0 spiro atoms. The van der Waals surface area contributed by atoms with Crippen LogP contribution < -0.4 is 5.32 Å². The molecule has 2 heterocycles. The first-order valence-electron chi connectivity index (χ1n) is 10.8. The molecule has 33 heavy (non-hydrogen) atoms. The molecule has 1 aliphatic rings. The van der Waals surface area contributed by atoms with Crippen LogP contribution in [0.25, 0.3) is 21.0 Å². The predicted molar refractivity (Wildman–Crippen MR) is 130 cm³/mol. The Morgan fingerprint density at radius 3 is 2.58 bits per heavy atom. The van der Waals surface area contributed by atoms with Gasteiger partial charge in [0, 0.05) is 24.9 Å². The van der Waals surface area contributed by atoms with Crippen molar-refractivity contribution in [1.29, 1.82) is 0 Å². The van der Waals surface area contributed by atoms with Crippen LogP contribution in [-0.4, -0.2) is 49.9 Å². The van der Waals surface area contributed by atoms with Gasteiger partial charge in [-0.15, -0.1) is 0 Å². The summed E-state index contributed by atoms with van der Waals surface area (Å²) in [6, 6.07) is 18.9. The van der Waals surface area contributed by atoms with Crippen LogP contribution in [0.3, 0.4) is 0 Å². The number of anilines is 1. The minimum absolute atomic E-state index is 0.122. The zero-order chi connectivity index (χ0) is 22.8. The lowest BCUT2D eigenvalue weighted by molar-refractivity contribution is -0.116. The summed E-state index contributed by atoms with van der Waals surface area (Å²) in [4.78, 5) is 17.4. The quantitative estimate of drug-likeness (QED) is 0.449. The van der Waals surface area contributed by atoms with E-state index in [1.54, 1.807) is 24.3 Å². The Labute approximate surface area is 196 Å². The number of hydrogen-bond acceptors (Lipinski definition) is 6. The van der Waals surface area contributed by atoms with Crippen LogP contribution in [0.5, 0.6) is 0 Å². The molecule has 0 bridgehead atoms. The smallest absolute Gasteiger partial charge is 0.243 e. The molecule has 3 aromatic carbocycles. The third-order valence-corrected chi connectivity index (χ3v) is 8.55. The molecular weight excluding hydrogens is 458 g/mol. The summed E-state index contributed by atoms with van der Waals surface area (Å²) < 4.78 is 33.2. The molecule has 1 aliphatic heterocycles. The third-order valence-electron chi connectivity index (χ3n) is 5.70. The third kappa shape index (κ3) is 4.63. The van der Waals surface area contributed by atoms with Gasteiger partial charge < -0.3 is 10.1 Å². The van der Waals surface area contributed by atoms with Crippen molar-refractivity contribution in [3.8, 4) is 0 Å². The molecule has 1 aromatic heterocycles. The summed E-state index contributed by atoms with van der Waals surface area (Å²) in [6.45, 7) is 1.56. The number of hydrogen-bond donors (Lipinski definition) is 1. The van der Waals surface area contributed by atoms with Crippen molar-refractivity contribution < 1.29 is 17.9 Å². The van der Waals surface area contributed by atoms with Gasteiger partial charge in [0.1, 0.15) is 0 Å². The van der Waals surface area contributed by atoms with E-state index in [-0.39, 0.29) is 17.2 Å². The summed E-state index contributed by atoms with van der Waals surface area (Å²) in [5.41, 5.74) is 1.80. The van der Waals surface area contributed by atoms with Crippen LogP contribution in [0.15, 0.2) is 65.6 Å². The lowest BCUT2D eigenvalue weighted by atomic mass is 10.1. The maximum absolute atomic E-state index is 12.7. The molecule has 1 N–H and O–H groups in total. The average molecular weight is 482 g/mol. The number of nitrogens with zero attached hydrogens (tertiary/aromatic N) is 2. The molecule has 9 heteroatoms. The molecule has 7 nitrogen and oxygen atoms in total. The van der Waals surface area contributed by atoms with Crippen LogP contribution in [-0.2, 0) is 26.0 Å². The second-order valence-corrected chi connectivity index (χ2v) is 10.8. The number of carbonyl (C=O) groups excluding carboxylic acids is 1. The number of fused-ring (bicyclic) bond motifs is 3. The lowest BCUT2D eigenvalue weighted by Gasteiger charge is -2.26. The molecule has 1 saturated heterocycles. The monoisotopic (exact) mass is 481 g/mol. The van der Waals surface area contributed by atoms with Crippen LogP contribution >= 0.6 is 11.3 Å². The highest BCUT2D eigenvalue weighted by molar-refractivity contribution is 7.89. The van der Waals surface area contributed by atoms with E-state index in [1.807, 2.05) is 30.3 Å². The van der Waals surface area contributed by atoms with Crippen molar-refractivity contribution in [1.82, 2.24) is 9.29 Å². The van der Waals surface area contributed by atoms with Gasteiger partial charge in [0.25, 0.3) is 0 Å². The van der Waals surface area contributed by atoms with E-state index in [0.29, 0.717) is 37.9 Å². The number of carbonyl (C=O) groups is 1. The van der Waals surface area contributed by atoms with Crippen LogP contribution in [0.1, 0.15) is 12.0 Å². The first-order chi connectivity index (χ1) is 16.0. The molecule has 0 aliphatic carbocycles. The van der Waals surface area contributed by atoms with E-state index in [0.717, 1.165) is 26.6 Å². The fourth-order valence-corrected chi connectivity index (χ4v) is 6.22. The second-order valence-electron chi connectivity index (χ2n) is 7.86. The van der Waals surface area contributed by atoms with E-state index >= 15 is 0 Å². The number of ether oxygens (including phenoxy) is 1. The Balaban J connectivity index is 1.22. The SMILES string of the molecule is O=C(CCc1ccc(S(=O)(=O)N2CCOCC2)cc1)Nc1nc2c(ccc3ccccc32)s1. The van der Waals surface area contributed by atoms with Gasteiger partial charge in [-0.1, -0.05) is 53.8 Å². The number of sulfonamides is 1. The van der Waals surface area contributed by atoms with Gasteiger partial charge in [0.05, 0.1) is 28.3 Å². The molecule has 0 radical (unpaired) electrons. The molecule has 170 valence electrons. The van der Waals surface area contributed by atoms with E-state index in [2.05, 4.69) is 16.4 Å². The maximum atomic E-state index is 12.7. The molecule has 0 atom stereocenters. The van der Waals surface area contributed by atoms with Crippen molar-refractivity contribution in [2.24, 2.45) is 0 Å². The highest BCUT2D eigenvalue weighted by Crippen LogP contribution is 2.31. The predicted octanol–water partition coefficient (Wildman–Crippen LogP) is 4.04. The largest absolute Gasteiger partial charge is 0.379 e. The zero-order valence-electron chi connectivity index (χ0n) is 17.9. The zero-order valence-corrected chi connectivity index (χ0v) is 19.5. The molecule has 1 fully saturated rings. The van der Waals surface area contributed by atoms with Gasteiger partial charge in [-0.3, -0.25) is 4.79 Å². The second kappa shape index (κ2) is 9.18. The summed E-state index contributed by atoms with van der Waals surface area (Å²) in [6.07, 6.45) is 0.795. The van der Waals surface area contributed by atoms with Crippen molar-refractivity contribution in [3.63, 3.8) is 0 Å². The summed E-state index contributed by atoms with van der Waals surface area (Å²) in [7, 11) is -3.51. The highest BCUT2D eigenvalue weighted by Gasteiger charge is 2.26. The number of aromatic nitrogens is 1. The first-order valence-corrected chi connectivity index (χ1v) is 13.0. The lowest BCUT2D eigenvalue weighted by Crippen LogP contribution is -2.40. The topological polar surface area (TPSA) is 88.6 Å². The molecule has 4 aromatic rings. The van der Waals surface area contributed by atoms with Crippen LogP contribution in [0.2, 0.25) is 0 Å². The molecule has 0 saturated carbocycles. The highest BCUT2D eigenvalue weighted by atomic mass is 32.2. The first kappa shape index (κ1) is 22.0. The van der Waals surface area contributed by atoms with E-state index in [1.165, 1.54) is 15.6 Å². The van der Waals surface area contributed by atoms with Gasteiger partial charge in [-0.2, -0.15) is 4.31 Å². The Bertz CT molecular complexity index is 1410. The minimum Gasteiger partial charge on any atom is -0.379 e. The normalized spacial score (nSPS) is 15.2. The number of aryl methyl sites for hydroxylation is 1. The fraction of sp³-hybridized carbons (Fsp3) is 0.250. The van der Waals surface area contributed by atoms with Gasteiger partial charge >= 0.3 is 0 Å². The minimum atomic E-state index is -3.51. The van der Waals surface area contributed by atoms with E-state index < -0.39 is 10.0 Å².